The van der Waals surface area contributed by atoms with Gasteiger partial charge in [-0.15, -0.1) is 0 Å². The highest BCUT2D eigenvalue weighted by Crippen LogP contribution is 2.28. The molecule has 0 spiro atoms. The van der Waals surface area contributed by atoms with Crippen LogP contribution in [0.1, 0.15) is 18.7 Å². The van der Waals surface area contributed by atoms with Crippen molar-refractivity contribution in [2.45, 2.75) is 12.8 Å². The summed E-state index contributed by atoms with van der Waals surface area (Å²) >= 11 is 3.44. The Balaban J connectivity index is 1.84. The van der Waals surface area contributed by atoms with Gasteiger partial charge in [-0.2, -0.15) is 4.98 Å². The molecule has 0 radical (unpaired) electrons. The van der Waals surface area contributed by atoms with E-state index in [9.17, 15) is 0 Å². The van der Waals surface area contributed by atoms with Gasteiger partial charge in [-0.05, 0) is 31.1 Å². The number of hydrogen-bond acceptors (Lipinski definition) is 4. The van der Waals surface area contributed by atoms with Gasteiger partial charge in [-0.3, -0.25) is 0 Å². The number of aromatic nitrogens is 2. The van der Waals surface area contributed by atoms with Crippen molar-refractivity contribution < 1.29 is 4.52 Å². The predicted octanol–water partition coefficient (Wildman–Crippen LogP) is 2.82. The van der Waals surface area contributed by atoms with Crippen LogP contribution in [-0.2, 0) is 0 Å². The maximum absolute atomic E-state index is 5.37. The maximum atomic E-state index is 5.37. The molecule has 0 bridgehead atoms. The van der Waals surface area contributed by atoms with Crippen LogP contribution in [0.3, 0.4) is 0 Å². The van der Waals surface area contributed by atoms with Crippen LogP contribution in [-0.4, -0.2) is 23.2 Å². The first-order valence-corrected chi connectivity index (χ1v) is 6.83. The Morgan fingerprint density at radius 2 is 2.28 bits per heavy atom. The molecule has 94 valence electrons. The quantitative estimate of drug-likeness (QED) is 0.947. The largest absolute Gasteiger partial charge is 0.339 e. The van der Waals surface area contributed by atoms with E-state index in [-0.39, 0.29) is 0 Å². The molecule has 1 aromatic heterocycles. The van der Waals surface area contributed by atoms with Crippen molar-refractivity contribution in [2.24, 2.45) is 5.92 Å². The third-order valence-corrected chi connectivity index (χ3v) is 3.93. The molecule has 0 amide bonds. The summed E-state index contributed by atoms with van der Waals surface area (Å²) < 4.78 is 6.39. The molecule has 2 heterocycles. The number of hydrogen-bond donors (Lipinski definition) is 1. The lowest BCUT2D eigenvalue weighted by molar-refractivity contribution is 0.252. The van der Waals surface area contributed by atoms with Crippen LogP contribution in [0.5, 0.6) is 0 Å². The molecular formula is C13H14BrN3O. The SMILES string of the molecule is CC(c1nc(-c2cccc(Br)c2)no1)C1CNC1. The number of nitrogens with one attached hydrogen (secondary N) is 1. The van der Waals surface area contributed by atoms with Crippen molar-refractivity contribution >= 4 is 15.9 Å². The third kappa shape index (κ3) is 2.20. The van der Waals surface area contributed by atoms with Crippen molar-refractivity contribution in [1.82, 2.24) is 15.5 Å². The van der Waals surface area contributed by atoms with E-state index in [4.69, 9.17) is 4.52 Å². The zero-order valence-electron chi connectivity index (χ0n) is 10.1. The van der Waals surface area contributed by atoms with Crippen molar-refractivity contribution in [3.8, 4) is 11.4 Å². The summed E-state index contributed by atoms with van der Waals surface area (Å²) in [6, 6.07) is 7.92. The molecular weight excluding hydrogens is 294 g/mol. The molecule has 2 aromatic rings. The van der Waals surface area contributed by atoms with Crippen molar-refractivity contribution in [3.63, 3.8) is 0 Å². The van der Waals surface area contributed by atoms with E-state index < -0.39 is 0 Å². The summed E-state index contributed by atoms with van der Waals surface area (Å²) in [5.74, 6) is 2.32. The third-order valence-electron chi connectivity index (χ3n) is 3.43. The van der Waals surface area contributed by atoms with E-state index in [1.165, 1.54) is 0 Å². The second-order valence-corrected chi connectivity index (χ2v) is 5.59. The van der Waals surface area contributed by atoms with Crippen LogP contribution in [0, 0.1) is 5.92 Å². The molecule has 1 aliphatic heterocycles. The Labute approximate surface area is 114 Å². The van der Waals surface area contributed by atoms with Gasteiger partial charge in [-0.25, -0.2) is 0 Å². The van der Waals surface area contributed by atoms with Crippen LogP contribution in [0.15, 0.2) is 33.3 Å². The van der Waals surface area contributed by atoms with E-state index >= 15 is 0 Å². The minimum atomic E-state index is 0.319. The lowest BCUT2D eigenvalue weighted by Gasteiger charge is -2.30. The first-order chi connectivity index (χ1) is 8.74. The van der Waals surface area contributed by atoms with E-state index in [0.717, 1.165) is 29.0 Å². The molecule has 1 atom stereocenters. The molecule has 4 nitrogen and oxygen atoms in total. The highest BCUT2D eigenvalue weighted by Gasteiger charge is 2.28. The molecule has 1 saturated heterocycles. The monoisotopic (exact) mass is 307 g/mol. The standard InChI is InChI=1S/C13H14BrN3O/c1-8(10-6-15-7-10)13-16-12(17-18-13)9-3-2-4-11(14)5-9/h2-5,8,10,15H,6-7H2,1H3. The molecule has 0 saturated carbocycles. The summed E-state index contributed by atoms with van der Waals surface area (Å²) in [6.07, 6.45) is 0. The van der Waals surface area contributed by atoms with Gasteiger partial charge in [-0.1, -0.05) is 40.1 Å². The smallest absolute Gasteiger partial charge is 0.230 e. The molecule has 1 N–H and O–H groups in total. The van der Waals surface area contributed by atoms with Crippen LogP contribution < -0.4 is 5.32 Å². The highest BCUT2D eigenvalue weighted by molar-refractivity contribution is 9.10. The molecule has 1 fully saturated rings. The van der Waals surface area contributed by atoms with E-state index in [1.54, 1.807) is 0 Å². The summed E-state index contributed by atoms with van der Waals surface area (Å²) in [6.45, 7) is 4.22. The lowest BCUT2D eigenvalue weighted by Crippen LogP contribution is -2.44. The number of benzene rings is 1. The molecule has 0 aliphatic carbocycles. The van der Waals surface area contributed by atoms with Crippen LogP contribution in [0.25, 0.3) is 11.4 Å². The summed E-state index contributed by atoms with van der Waals surface area (Å²) in [7, 11) is 0. The van der Waals surface area contributed by atoms with Gasteiger partial charge in [0.25, 0.3) is 0 Å². The zero-order chi connectivity index (χ0) is 12.5. The van der Waals surface area contributed by atoms with Gasteiger partial charge >= 0.3 is 0 Å². The molecule has 3 rings (SSSR count). The van der Waals surface area contributed by atoms with Gasteiger partial charge in [0, 0.05) is 16.0 Å². The van der Waals surface area contributed by atoms with Gasteiger partial charge < -0.3 is 9.84 Å². The minimum Gasteiger partial charge on any atom is -0.339 e. The fraction of sp³-hybridized carbons (Fsp3) is 0.385. The molecule has 1 aromatic carbocycles. The first-order valence-electron chi connectivity index (χ1n) is 6.04. The fourth-order valence-corrected chi connectivity index (χ4v) is 2.43. The molecule has 5 heteroatoms. The van der Waals surface area contributed by atoms with E-state index in [0.29, 0.717) is 17.7 Å². The number of rotatable bonds is 3. The maximum Gasteiger partial charge on any atom is 0.230 e. The van der Waals surface area contributed by atoms with Crippen molar-refractivity contribution in [2.75, 3.05) is 13.1 Å². The summed E-state index contributed by atoms with van der Waals surface area (Å²) in [5.41, 5.74) is 0.971. The second kappa shape index (κ2) is 4.82. The fourth-order valence-electron chi connectivity index (χ4n) is 2.03. The Kier molecular flexibility index (Phi) is 3.18. The Bertz CT molecular complexity index is 551. The topological polar surface area (TPSA) is 51.0 Å². The molecule has 18 heavy (non-hydrogen) atoms. The normalized spacial score (nSPS) is 17.4. The van der Waals surface area contributed by atoms with Crippen LogP contribution in [0.2, 0.25) is 0 Å². The number of halogens is 1. The summed E-state index contributed by atoms with van der Waals surface area (Å²) in [4.78, 5) is 4.50. The molecule has 1 aliphatic rings. The van der Waals surface area contributed by atoms with Crippen molar-refractivity contribution in [3.05, 3.63) is 34.6 Å². The predicted molar refractivity (Wildman–Crippen MR) is 72.2 cm³/mol. The zero-order valence-corrected chi connectivity index (χ0v) is 11.6. The Hall–Kier alpha value is -1.20. The number of nitrogens with zero attached hydrogens (tertiary/aromatic N) is 2. The van der Waals surface area contributed by atoms with Gasteiger partial charge in [0.15, 0.2) is 0 Å². The van der Waals surface area contributed by atoms with Gasteiger partial charge in [0.05, 0.1) is 0 Å². The first kappa shape index (κ1) is 11.9. The summed E-state index contributed by atoms with van der Waals surface area (Å²) in [5, 5.41) is 7.32. The van der Waals surface area contributed by atoms with Crippen molar-refractivity contribution in [1.29, 1.82) is 0 Å². The van der Waals surface area contributed by atoms with Crippen LogP contribution >= 0.6 is 15.9 Å². The van der Waals surface area contributed by atoms with E-state index in [1.807, 2.05) is 24.3 Å². The van der Waals surface area contributed by atoms with Crippen LogP contribution in [0.4, 0.5) is 0 Å². The molecule has 1 unspecified atom stereocenters. The van der Waals surface area contributed by atoms with Gasteiger partial charge in [0.2, 0.25) is 11.7 Å². The van der Waals surface area contributed by atoms with Gasteiger partial charge in [0.1, 0.15) is 0 Å². The van der Waals surface area contributed by atoms with E-state index in [2.05, 4.69) is 38.3 Å². The highest BCUT2D eigenvalue weighted by atomic mass is 79.9. The Morgan fingerprint density at radius 1 is 1.44 bits per heavy atom. The lowest BCUT2D eigenvalue weighted by atomic mass is 9.89. The average molecular weight is 308 g/mol. The minimum absolute atomic E-state index is 0.319. The average Bonchev–Trinajstić information content (AvgIpc) is 2.75. The second-order valence-electron chi connectivity index (χ2n) is 4.67. The Morgan fingerprint density at radius 3 is 2.94 bits per heavy atom.